The number of rotatable bonds is 5. The van der Waals surface area contributed by atoms with E-state index >= 15 is 0 Å². The number of hydrogen-bond acceptors (Lipinski definition) is 2. The second-order valence-electron chi connectivity index (χ2n) is 3.16. The average Bonchev–Trinajstić information content (AvgIpc) is 2.20. The van der Waals surface area contributed by atoms with Gasteiger partial charge in [0.1, 0.15) is 5.75 Å². The number of halogens is 1. The van der Waals surface area contributed by atoms with E-state index in [9.17, 15) is 4.79 Å². The predicted molar refractivity (Wildman–Crippen MR) is 58.4 cm³/mol. The van der Waals surface area contributed by atoms with E-state index in [-0.39, 0.29) is 0 Å². The molecule has 0 unspecified atom stereocenters. The molecule has 1 aromatic rings. The van der Waals surface area contributed by atoms with Crippen molar-refractivity contribution in [1.82, 2.24) is 0 Å². The van der Waals surface area contributed by atoms with E-state index in [1.165, 1.54) is 0 Å². The zero-order chi connectivity index (χ0) is 11.3. The number of ether oxygens (including phenoxy) is 1. The van der Waals surface area contributed by atoms with E-state index in [4.69, 9.17) is 21.4 Å². The Kier molecular flexibility index (Phi) is 4.43. The summed E-state index contributed by atoms with van der Waals surface area (Å²) in [6.45, 7) is 1.91. The zero-order valence-corrected chi connectivity index (χ0v) is 9.20. The van der Waals surface area contributed by atoms with Crippen molar-refractivity contribution in [2.45, 2.75) is 25.9 Å². The summed E-state index contributed by atoms with van der Waals surface area (Å²) in [6.07, 6.45) is 0.400. The molecule has 82 valence electrons. The number of para-hydroxylation sites is 1. The molecule has 0 fully saturated rings. The molecule has 0 aromatic heterocycles. The highest BCUT2D eigenvalue weighted by molar-refractivity contribution is 6.32. The highest BCUT2D eigenvalue weighted by Crippen LogP contribution is 2.25. The Morgan fingerprint density at radius 2 is 2.20 bits per heavy atom. The highest BCUT2D eigenvalue weighted by atomic mass is 35.5. The third kappa shape index (κ3) is 3.44. The summed E-state index contributed by atoms with van der Waals surface area (Å²) < 4.78 is 5.32. The van der Waals surface area contributed by atoms with Crippen LogP contribution in [0.3, 0.4) is 0 Å². The van der Waals surface area contributed by atoms with Crippen molar-refractivity contribution in [2.75, 3.05) is 0 Å². The summed E-state index contributed by atoms with van der Waals surface area (Å²) in [4.78, 5) is 10.8. The maximum Gasteiger partial charge on any atom is 0.344 e. The molecule has 1 N–H and O–H groups in total. The quantitative estimate of drug-likeness (QED) is 0.843. The molecular weight excluding hydrogens is 216 g/mol. The highest BCUT2D eigenvalue weighted by Gasteiger charge is 2.18. The number of carboxylic acids is 1. The molecule has 0 saturated heterocycles. The van der Waals surface area contributed by atoms with E-state index in [1.54, 1.807) is 24.3 Å². The number of carboxylic acid groups (broad SMARTS) is 1. The summed E-state index contributed by atoms with van der Waals surface area (Å²) in [5, 5.41) is 9.32. The molecule has 0 aliphatic heterocycles. The first kappa shape index (κ1) is 11.9. The lowest BCUT2D eigenvalue weighted by atomic mass is 10.2. The fraction of sp³-hybridized carbons (Fsp3) is 0.364. The van der Waals surface area contributed by atoms with Gasteiger partial charge in [0.15, 0.2) is 6.10 Å². The summed E-state index contributed by atoms with van der Waals surface area (Å²) in [5.74, 6) is -0.545. The Bertz CT molecular complexity index is 338. The SMILES string of the molecule is CCC[C@H](Oc1ccccc1Cl)C(=O)O. The summed E-state index contributed by atoms with van der Waals surface area (Å²) in [5.41, 5.74) is 0. The topological polar surface area (TPSA) is 46.5 Å². The molecule has 1 aromatic carbocycles. The molecule has 3 nitrogen and oxygen atoms in total. The fourth-order valence-electron chi connectivity index (χ4n) is 1.19. The number of hydrogen-bond donors (Lipinski definition) is 1. The van der Waals surface area contributed by atoms with Crippen LogP contribution >= 0.6 is 11.6 Å². The van der Waals surface area contributed by atoms with Gasteiger partial charge in [-0.3, -0.25) is 0 Å². The zero-order valence-electron chi connectivity index (χ0n) is 8.44. The van der Waals surface area contributed by atoms with Crippen LogP contribution in [0.2, 0.25) is 5.02 Å². The van der Waals surface area contributed by atoms with Crippen molar-refractivity contribution < 1.29 is 14.6 Å². The van der Waals surface area contributed by atoms with Crippen molar-refractivity contribution in [2.24, 2.45) is 0 Å². The van der Waals surface area contributed by atoms with Gasteiger partial charge in [-0.2, -0.15) is 0 Å². The van der Waals surface area contributed by atoms with Crippen LogP contribution in [-0.2, 0) is 4.79 Å². The Morgan fingerprint density at radius 1 is 1.53 bits per heavy atom. The number of carbonyl (C=O) groups is 1. The van der Waals surface area contributed by atoms with Crippen molar-refractivity contribution in [3.05, 3.63) is 29.3 Å². The van der Waals surface area contributed by atoms with Gasteiger partial charge in [0.2, 0.25) is 0 Å². The Hall–Kier alpha value is -1.22. The lowest BCUT2D eigenvalue weighted by Crippen LogP contribution is -2.26. The molecule has 0 aliphatic rings. The van der Waals surface area contributed by atoms with Crippen LogP contribution in [0, 0.1) is 0 Å². The summed E-state index contributed by atoms with van der Waals surface area (Å²) in [6, 6.07) is 6.85. The van der Waals surface area contributed by atoms with Crippen LogP contribution in [0.25, 0.3) is 0 Å². The van der Waals surface area contributed by atoms with Gasteiger partial charge in [-0.25, -0.2) is 4.79 Å². The summed E-state index contributed by atoms with van der Waals surface area (Å²) in [7, 11) is 0. The van der Waals surface area contributed by atoms with Crippen LogP contribution in [0.1, 0.15) is 19.8 Å². The predicted octanol–water partition coefficient (Wildman–Crippen LogP) is 2.97. The lowest BCUT2D eigenvalue weighted by Gasteiger charge is -2.14. The summed E-state index contributed by atoms with van der Waals surface area (Å²) >= 11 is 5.86. The molecule has 0 bridgehead atoms. The normalized spacial score (nSPS) is 12.1. The molecule has 0 aliphatic carbocycles. The van der Waals surface area contributed by atoms with Crippen LogP contribution in [0.15, 0.2) is 24.3 Å². The Labute approximate surface area is 93.6 Å². The van der Waals surface area contributed by atoms with Crippen molar-refractivity contribution in [3.63, 3.8) is 0 Å². The second-order valence-corrected chi connectivity index (χ2v) is 3.57. The van der Waals surface area contributed by atoms with Gasteiger partial charge in [-0.05, 0) is 18.6 Å². The molecule has 0 heterocycles. The fourth-order valence-corrected chi connectivity index (χ4v) is 1.37. The molecule has 1 rings (SSSR count). The van der Waals surface area contributed by atoms with E-state index in [0.29, 0.717) is 17.2 Å². The van der Waals surface area contributed by atoms with Crippen molar-refractivity contribution >= 4 is 17.6 Å². The van der Waals surface area contributed by atoms with Gasteiger partial charge in [0, 0.05) is 0 Å². The molecule has 0 spiro atoms. The molecule has 0 saturated carbocycles. The van der Waals surface area contributed by atoms with Gasteiger partial charge in [0.05, 0.1) is 5.02 Å². The molecule has 15 heavy (non-hydrogen) atoms. The first-order valence-corrected chi connectivity index (χ1v) is 5.17. The largest absolute Gasteiger partial charge is 0.479 e. The Morgan fingerprint density at radius 3 is 2.73 bits per heavy atom. The number of benzene rings is 1. The standard InChI is InChI=1S/C11H13ClO3/c1-2-5-10(11(13)14)15-9-7-4-3-6-8(9)12/h3-4,6-7,10H,2,5H2,1H3,(H,13,14)/t10-/m0/s1. The number of aliphatic carboxylic acids is 1. The van der Waals surface area contributed by atoms with Gasteiger partial charge in [-0.1, -0.05) is 37.1 Å². The maximum atomic E-state index is 10.8. The molecular formula is C11H13ClO3. The van der Waals surface area contributed by atoms with Gasteiger partial charge in [0.25, 0.3) is 0 Å². The molecule has 0 radical (unpaired) electrons. The van der Waals surface area contributed by atoms with Crippen molar-refractivity contribution in [1.29, 1.82) is 0 Å². The smallest absolute Gasteiger partial charge is 0.344 e. The lowest BCUT2D eigenvalue weighted by molar-refractivity contribution is -0.145. The van der Waals surface area contributed by atoms with Crippen molar-refractivity contribution in [3.8, 4) is 5.75 Å². The van der Waals surface area contributed by atoms with Gasteiger partial charge in [-0.15, -0.1) is 0 Å². The molecule has 4 heteroatoms. The maximum absolute atomic E-state index is 10.8. The van der Waals surface area contributed by atoms with E-state index in [1.807, 2.05) is 6.92 Å². The van der Waals surface area contributed by atoms with Crippen LogP contribution in [0.4, 0.5) is 0 Å². The van der Waals surface area contributed by atoms with E-state index < -0.39 is 12.1 Å². The van der Waals surface area contributed by atoms with Gasteiger partial charge >= 0.3 is 5.97 Å². The third-order valence-corrected chi connectivity index (χ3v) is 2.24. The van der Waals surface area contributed by atoms with Gasteiger partial charge < -0.3 is 9.84 Å². The van der Waals surface area contributed by atoms with Crippen LogP contribution < -0.4 is 4.74 Å². The molecule has 0 amide bonds. The minimum atomic E-state index is -0.961. The van der Waals surface area contributed by atoms with E-state index in [2.05, 4.69) is 0 Å². The first-order valence-electron chi connectivity index (χ1n) is 4.79. The average molecular weight is 229 g/mol. The van der Waals surface area contributed by atoms with Crippen LogP contribution in [0.5, 0.6) is 5.75 Å². The van der Waals surface area contributed by atoms with Crippen LogP contribution in [-0.4, -0.2) is 17.2 Å². The minimum absolute atomic E-state index is 0.417. The van der Waals surface area contributed by atoms with E-state index in [0.717, 1.165) is 6.42 Å². The monoisotopic (exact) mass is 228 g/mol. The first-order chi connectivity index (χ1) is 7.15. The second kappa shape index (κ2) is 5.61. The Balaban J connectivity index is 2.74. The minimum Gasteiger partial charge on any atom is -0.479 e. The molecule has 1 atom stereocenters. The third-order valence-electron chi connectivity index (χ3n) is 1.93.